The van der Waals surface area contributed by atoms with Gasteiger partial charge in [-0.05, 0) is 50.9 Å². The number of likely N-dealkylation sites (tertiary alicyclic amines) is 2. The van der Waals surface area contributed by atoms with Gasteiger partial charge in [-0.25, -0.2) is 4.98 Å². The average molecular weight is 314 g/mol. The van der Waals surface area contributed by atoms with Gasteiger partial charge in [0.2, 0.25) is 0 Å². The molecule has 2 aliphatic heterocycles. The van der Waals surface area contributed by atoms with Gasteiger partial charge in [0.05, 0.1) is 10.7 Å². The molecule has 0 aromatic carbocycles. The Balaban J connectivity index is 1.66. The number of pyridine rings is 1. The van der Waals surface area contributed by atoms with E-state index >= 15 is 0 Å². The Morgan fingerprint density at radius 3 is 2.95 bits per heavy atom. The van der Waals surface area contributed by atoms with Crippen LogP contribution in [0, 0.1) is 5.92 Å². The van der Waals surface area contributed by atoms with Crippen molar-refractivity contribution in [1.29, 1.82) is 0 Å². The fourth-order valence-corrected chi connectivity index (χ4v) is 3.98. The van der Waals surface area contributed by atoms with Gasteiger partial charge >= 0.3 is 0 Å². The van der Waals surface area contributed by atoms with Crippen molar-refractivity contribution in [1.82, 2.24) is 14.8 Å². The third-order valence-corrected chi connectivity index (χ3v) is 5.24. The molecule has 3 heterocycles. The van der Waals surface area contributed by atoms with Crippen LogP contribution in [0.1, 0.15) is 25.0 Å². The minimum absolute atomic E-state index is 0.525. The Morgan fingerprint density at radius 1 is 1.25 bits per heavy atom. The van der Waals surface area contributed by atoms with E-state index in [1.54, 1.807) is 6.07 Å². The molecule has 2 aliphatic rings. The van der Waals surface area contributed by atoms with E-state index in [0.717, 1.165) is 42.3 Å². The molecule has 0 N–H and O–H groups in total. The zero-order chi connectivity index (χ0) is 14.1. The molecule has 2 atom stereocenters. The number of hydrogen-bond donors (Lipinski definition) is 0. The van der Waals surface area contributed by atoms with Gasteiger partial charge in [-0.3, -0.25) is 4.90 Å². The summed E-state index contributed by atoms with van der Waals surface area (Å²) in [4.78, 5) is 9.38. The van der Waals surface area contributed by atoms with E-state index in [0.29, 0.717) is 5.15 Å². The second kappa shape index (κ2) is 6.18. The average Bonchev–Trinajstić information content (AvgIpc) is 2.43. The first-order chi connectivity index (χ1) is 9.63. The summed E-state index contributed by atoms with van der Waals surface area (Å²) < 4.78 is 0. The van der Waals surface area contributed by atoms with E-state index in [4.69, 9.17) is 23.2 Å². The summed E-state index contributed by atoms with van der Waals surface area (Å²) in [7, 11) is 2.27. The highest BCUT2D eigenvalue weighted by molar-refractivity contribution is 6.32. The first-order valence-corrected chi connectivity index (χ1v) is 8.12. The normalized spacial score (nSPS) is 28.4. The van der Waals surface area contributed by atoms with Crippen molar-refractivity contribution in [2.75, 3.05) is 26.7 Å². The predicted molar refractivity (Wildman–Crippen MR) is 83.3 cm³/mol. The Morgan fingerprint density at radius 2 is 2.10 bits per heavy atom. The third-order valence-electron chi connectivity index (χ3n) is 4.69. The molecule has 0 radical (unpaired) electrons. The Labute approximate surface area is 130 Å². The Bertz CT molecular complexity index is 480. The second-order valence-electron chi connectivity index (χ2n) is 6.04. The summed E-state index contributed by atoms with van der Waals surface area (Å²) in [6.07, 6.45) is 3.92. The summed E-state index contributed by atoms with van der Waals surface area (Å²) in [6, 6.07) is 4.35. The van der Waals surface area contributed by atoms with Crippen molar-refractivity contribution in [2.24, 2.45) is 5.92 Å². The topological polar surface area (TPSA) is 19.4 Å². The van der Waals surface area contributed by atoms with Crippen molar-refractivity contribution in [3.8, 4) is 0 Å². The third kappa shape index (κ3) is 3.11. The smallest absolute Gasteiger partial charge is 0.129 e. The molecule has 2 saturated heterocycles. The summed E-state index contributed by atoms with van der Waals surface area (Å²) >= 11 is 12.2. The molecule has 3 rings (SSSR count). The standard InChI is InChI=1S/C15H21Cl2N3/c1-19-7-2-3-11-9-20(8-6-14(11)19)10-13-12(16)4-5-15(17)18-13/h4-5,11,14H,2-3,6-10H2,1H3. The number of nitrogens with zero attached hydrogens (tertiary/aromatic N) is 3. The van der Waals surface area contributed by atoms with Crippen LogP contribution < -0.4 is 0 Å². The van der Waals surface area contributed by atoms with Crippen molar-refractivity contribution >= 4 is 23.2 Å². The number of piperidine rings is 2. The second-order valence-corrected chi connectivity index (χ2v) is 6.83. The van der Waals surface area contributed by atoms with Crippen LogP contribution in [-0.4, -0.2) is 47.5 Å². The van der Waals surface area contributed by atoms with Gasteiger partial charge < -0.3 is 4.90 Å². The van der Waals surface area contributed by atoms with Crippen LogP contribution >= 0.6 is 23.2 Å². The molecule has 0 amide bonds. The molecular formula is C15H21Cl2N3. The number of halogens is 2. The van der Waals surface area contributed by atoms with E-state index in [1.807, 2.05) is 6.07 Å². The monoisotopic (exact) mass is 313 g/mol. The van der Waals surface area contributed by atoms with E-state index in [9.17, 15) is 0 Å². The highest BCUT2D eigenvalue weighted by Gasteiger charge is 2.34. The van der Waals surface area contributed by atoms with Gasteiger partial charge in [0.25, 0.3) is 0 Å². The summed E-state index contributed by atoms with van der Waals surface area (Å²) in [5.41, 5.74) is 0.904. The van der Waals surface area contributed by atoms with Crippen LogP contribution in [0.4, 0.5) is 0 Å². The van der Waals surface area contributed by atoms with E-state index in [2.05, 4.69) is 21.8 Å². The summed E-state index contributed by atoms with van der Waals surface area (Å²) in [6.45, 7) is 4.34. The Kier molecular flexibility index (Phi) is 4.51. The number of fused-ring (bicyclic) bond motifs is 1. The largest absolute Gasteiger partial charge is 0.303 e. The van der Waals surface area contributed by atoms with E-state index < -0.39 is 0 Å². The maximum absolute atomic E-state index is 6.22. The molecule has 0 aliphatic carbocycles. The molecule has 110 valence electrons. The molecule has 1 aromatic heterocycles. The molecular weight excluding hydrogens is 293 g/mol. The molecule has 2 fully saturated rings. The lowest BCUT2D eigenvalue weighted by Gasteiger charge is -2.46. The van der Waals surface area contributed by atoms with Crippen molar-refractivity contribution in [3.63, 3.8) is 0 Å². The minimum atomic E-state index is 0.525. The first-order valence-electron chi connectivity index (χ1n) is 7.37. The fraction of sp³-hybridized carbons (Fsp3) is 0.667. The van der Waals surface area contributed by atoms with Crippen molar-refractivity contribution in [3.05, 3.63) is 28.0 Å². The predicted octanol–water partition coefficient (Wildman–Crippen LogP) is 3.30. The molecule has 1 aromatic rings. The van der Waals surface area contributed by atoms with Gasteiger partial charge in [0, 0.05) is 25.7 Å². The van der Waals surface area contributed by atoms with Crippen LogP contribution in [0.5, 0.6) is 0 Å². The fourth-order valence-electron chi connectivity index (χ4n) is 3.65. The highest BCUT2D eigenvalue weighted by Crippen LogP contribution is 2.30. The van der Waals surface area contributed by atoms with Gasteiger partial charge in [-0.2, -0.15) is 0 Å². The molecule has 0 bridgehead atoms. The lowest BCUT2D eigenvalue weighted by atomic mass is 9.84. The van der Waals surface area contributed by atoms with Crippen LogP contribution in [0.25, 0.3) is 0 Å². The molecule has 0 spiro atoms. The minimum Gasteiger partial charge on any atom is -0.303 e. The van der Waals surface area contributed by atoms with E-state index in [1.165, 1.54) is 25.8 Å². The van der Waals surface area contributed by atoms with Gasteiger partial charge in [-0.15, -0.1) is 0 Å². The van der Waals surface area contributed by atoms with Crippen LogP contribution in [0.2, 0.25) is 10.2 Å². The first kappa shape index (κ1) is 14.6. The lowest BCUT2D eigenvalue weighted by molar-refractivity contribution is 0.0350. The maximum Gasteiger partial charge on any atom is 0.129 e. The van der Waals surface area contributed by atoms with Gasteiger partial charge in [0.1, 0.15) is 5.15 Å². The number of aromatic nitrogens is 1. The summed E-state index contributed by atoms with van der Waals surface area (Å²) in [5.74, 6) is 0.792. The van der Waals surface area contributed by atoms with Gasteiger partial charge in [0.15, 0.2) is 0 Å². The van der Waals surface area contributed by atoms with Crippen LogP contribution in [0.15, 0.2) is 12.1 Å². The molecule has 20 heavy (non-hydrogen) atoms. The number of rotatable bonds is 2. The molecule has 5 heteroatoms. The quantitative estimate of drug-likeness (QED) is 0.781. The summed E-state index contributed by atoms with van der Waals surface area (Å²) in [5, 5.41) is 1.24. The molecule has 3 nitrogen and oxygen atoms in total. The zero-order valence-electron chi connectivity index (χ0n) is 11.9. The molecule has 2 unspecified atom stereocenters. The van der Waals surface area contributed by atoms with Crippen LogP contribution in [-0.2, 0) is 6.54 Å². The number of hydrogen-bond acceptors (Lipinski definition) is 3. The van der Waals surface area contributed by atoms with Crippen molar-refractivity contribution in [2.45, 2.75) is 31.8 Å². The van der Waals surface area contributed by atoms with E-state index in [-0.39, 0.29) is 0 Å². The van der Waals surface area contributed by atoms with Crippen LogP contribution in [0.3, 0.4) is 0 Å². The maximum atomic E-state index is 6.22. The molecule has 0 saturated carbocycles. The Hall–Kier alpha value is -0.350. The zero-order valence-corrected chi connectivity index (χ0v) is 13.4. The highest BCUT2D eigenvalue weighted by atomic mass is 35.5. The lowest BCUT2D eigenvalue weighted by Crippen LogP contribution is -2.52. The van der Waals surface area contributed by atoms with Gasteiger partial charge in [-0.1, -0.05) is 23.2 Å². The SMILES string of the molecule is CN1CCCC2CN(Cc3nc(Cl)ccc3Cl)CCC21. The van der Waals surface area contributed by atoms with Crippen molar-refractivity contribution < 1.29 is 0 Å².